The Kier molecular flexibility index (Phi) is 39.8. The highest BCUT2D eigenvalue weighted by atomic mass is 20.0. The van der Waals surface area contributed by atoms with Crippen LogP contribution in [0.1, 0.15) is 27.7 Å². The third kappa shape index (κ3) is 25.1. The summed E-state index contributed by atoms with van der Waals surface area (Å²) in [7, 11) is 2.63. The SMILES string of the molecule is C.C.COC(=O)CCN=C=NCCC(=O)OC.F.FF. The Bertz CT molecular complexity index is 259. The molecular formula is C11H23F3N2O4. The summed E-state index contributed by atoms with van der Waals surface area (Å²) in [5.74, 6) is -0.648. The molecule has 0 unspecified atom stereocenters. The number of methoxy groups -OCH3 is 2. The third-order valence-corrected chi connectivity index (χ3v) is 1.45. The molecular weight excluding hydrogens is 281 g/mol. The molecule has 0 aromatic heterocycles. The number of hydrogen-bond acceptors (Lipinski definition) is 6. The van der Waals surface area contributed by atoms with Gasteiger partial charge in [-0.15, -0.1) is 0 Å². The van der Waals surface area contributed by atoms with E-state index in [0.717, 1.165) is 0 Å². The maximum Gasteiger partial charge on any atom is 0.307 e. The van der Waals surface area contributed by atoms with E-state index in [4.69, 9.17) is 9.15 Å². The van der Waals surface area contributed by atoms with Gasteiger partial charge in [0.25, 0.3) is 0 Å². The Morgan fingerprint density at radius 2 is 1.25 bits per heavy atom. The lowest BCUT2D eigenvalue weighted by Crippen LogP contribution is -2.02. The van der Waals surface area contributed by atoms with Crippen molar-refractivity contribution < 1.29 is 32.9 Å². The fourth-order valence-corrected chi connectivity index (χ4v) is 0.649. The second-order valence-electron chi connectivity index (χ2n) is 2.52. The monoisotopic (exact) mass is 304 g/mol. The van der Waals surface area contributed by atoms with Gasteiger partial charge in [-0.3, -0.25) is 14.3 Å². The van der Waals surface area contributed by atoms with Crippen LogP contribution in [0.4, 0.5) is 13.9 Å². The molecule has 0 amide bonds. The van der Waals surface area contributed by atoms with Gasteiger partial charge in [0.2, 0.25) is 0 Å². The minimum absolute atomic E-state index is 0. The van der Waals surface area contributed by atoms with Crippen LogP contribution in [0.15, 0.2) is 9.98 Å². The van der Waals surface area contributed by atoms with Crippen LogP contribution in [-0.2, 0) is 19.1 Å². The molecule has 0 aromatic rings. The fraction of sp³-hybridized carbons (Fsp3) is 0.727. The van der Waals surface area contributed by atoms with Gasteiger partial charge < -0.3 is 9.47 Å². The number of halogens is 3. The van der Waals surface area contributed by atoms with Crippen LogP contribution in [0.25, 0.3) is 0 Å². The number of aliphatic imine (C=N–C) groups is 2. The molecule has 0 atom stereocenters. The molecule has 20 heavy (non-hydrogen) atoms. The minimum atomic E-state index is -0.324. The molecule has 0 saturated carbocycles. The van der Waals surface area contributed by atoms with Crippen molar-refractivity contribution in [1.82, 2.24) is 0 Å². The maximum atomic E-state index is 10.6. The van der Waals surface area contributed by atoms with Crippen LogP contribution in [0.5, 0.6) is 0 Å². The van der Waals surface area contributed by atoms with Crippen LogP contribution in [-0.4, -0.2) is 45.3 Å². The van der Waals surface area contributed by atoms with Crippen molar-refractivity contribution in [3.05, 3.63) is 0 Å². The summed E-state index contributed by atoms with van der Waals surface area (Å²) in [6.07, 6.45) is 0.409. The van der Waals surface area contributed by atoms with Crippen LogP contribution >= 0.6 is 0 Å². The Hall–Kier alpha value is -1.89. The van der Waals surface area contributed by atoms with E-state index >= 15 is 0 Å². The molecule has 0 saturated heterocycles. The van der Waals surface area contributed by atoms with Gasteiger partial charge in [-0.2, -0.15) is 0 Å². The van der Waals surface area contributed by atoms with Gasteiger partial charge in [-0.1, -0.05) is 14.9 Å². The zero-order chi connectivity index (χ0) is 13.5. The summed E-state index contributed by atoms with van der Waals surface area (Å²) in [5.41, 5.74) is 0. The highest BCUT2D eigenvalue weighted by Crippen LogP contribution is 1.85. The highest BCUT2D eigenvalue weighted by Gasteiger charge is 1.97. The van der Waals surface area contributed by atoms with Crippen molar-refractivity contribution in [3.63, 3.8) is 0 Å². The van der Waals surface area contributed by atoms with Gasteiger partial charge in [0.1, 0.15) is 0 Å². The quantitative estimate of drug-likeness (QED) is 0.558. The van der Waals surface area contributed by atoms with Crippen molar-refractivity contribution in [1.29, 1.82) is 0 Å². The lowest BCUT2D eigenvalue weighted by molar-refractivity contribution is -0.141. The lowest BCUT2D eigenvalue weighted by Gasteiger charge is -1.92. The molecule has 0 bridgehead atoms. The highest BCUT2D eigenvalue weighted by molar-refractivity contribution is 5.70. The average molecular weight is 304 g/mol. The van der Waals surface area contributed by atoms with Gasteiger partial charge in [0, 0.05) is 9.15 Å². The summed E-state index contributed by atoms with van der Waals surface area (Å²) in [6.45, 7) is 0.572. The van der Waals surface area contributed by atoms with Crippen molar-refractivity contribution >= 4 is 17.9 Å². The third-order valence-electron chi connectivity index (χ3n) is 1.45. The van der Waals surface area contributed by atoms with Gasteiger partial charge >= 0.3 is 11.9 Å². The molecule has 0 aliphatic carbocycles. The van der Waals surface area contributed by atoms with Gasteiger partial charge in [-0.25, -0.2) is 9.98 Å². The van der Waals surface area contributed by atoms with Crippen LogP contribution < -0.4 is 0 Å². The molecule has 0 aliphatic rings. The molecule has 0 N–H and O–H groups in total. The van der Waals surface area contributed by atoms with E-state index in [0.29, 0.717) is 0 Å². The van der Waals surface area contributed by atoms with E-state index in [2.05, 4.69) is 25.5 Å². The molecule has 0 spiro atoms. The smallest absolute Gasteiger partial charge is 0.307 e. The van der Waals surface area contributed by atoms with E-state index in [1.165, 1.54) is 14.2 Å². The number of carbonyl (C=O) groups is 2. The summed E-state index contributed by atoms with van der Waals surface area (Å²) in [5, 5.41) is 0. The Morgan fingerprint density at radius 3 is 1.50 bits per heavy atom. The Labute approximate surface area is 117 Å². The molecule has 0 fully saturated rings. The normalized spacial score (nSPS) is 6.80. The number of carbonyl (C=O) groups excluding carboxylic acids is 2. The molecule has 0 radical (unpaired) electrons. The first-order valence-electron chi connectivity index (χ1n) is 4.56. The number of esters is 2. The molecule has 0 heterocycles. The van der Waals surface area contributed by atoms with E-state index in [1.54, 1.807) is 0 Å². The number of hydrogen-bond donors (Lipinski definition) is 0. The molecule has 0 aliphatic heterocycles. The summed E-state index contributed by atoms with van der Waals surface area (Å²) < 4.78 is 24.8. The van der Waals surface area contributed by atoms with E-state index in [-0.39, 0.29) is 57.4 Å². The summed E-state index contributed by atoms with van der Waals surface area (Å²) >= 11 is 0. The number of ether oxygens (including phenoxy) is 2. The Balaban J connectivity index is -0.000000143. The van der Waals surface area contributed by atoms with E-state index < -0.39 is 0 Å². The first-order chi connectivity index (χ1) is 8.20. The van der Waals surface area contributed by atoms with Crippen molar-refractivity contribution in [3.8, 4) is 0 Å². The minimum Gasteiger partial charge on any atom is -0.469 e. The lowest BCUT2D eigenvalue weighted by atomic mass is 10.4. The zero-order valence-corrected chi connectivity index (χ0v) is 10.0. The van der Waals surface area contributed by atoms with E-state index in [1.807, 2.05) is 0 Å². The second kappa shape index (κ2) is 25.8. The topological polar surface area (TPSA) is 77.3 Å². The predicted molar refractivity (Wildman–Crippen MR) is 71.0 cm³/mol. The van der Waals surface area contributed by atoms with Crippen molar-refractivity contribution in [2.45, 2.75) is 27.7 Å². The van der Waals surface area contributed by atoms with Crippen LogP contribution in [0, 0.1) is 0 Å². The molecule has 0 rings (SSSR count). The fourth-order valence-electron chi connectivity index (χ4n) is 0.649. The molecule has 6 nitrogen and oxygen atoms in total. The molecule has 122 valence electrons. The summed E-state index contributed by atoms with van der Waals surface area (Å²) in [4.78, 5) is 28.7. The first-order valence-corrected chi connectivity index (χ1v) is 4.56. The van der Waals surface area contributed by atoms with E-state index in [9.17, 15) is 9.59 Å². The van der Waals surface area contributed by atoms with Gasteiger partial charge in [-0.05, 0) is 0 Å². The van der Waals surface area contributed by atoms with Gasteiger partial charge in [0.15, 0.2) is 0 Å². The summed E-state index contributed by atoms with van der Waals surface area (Å²) in [6, 6.07) is 2.38. The Morgan fingerprint density at radius 1 is 0.950 bits per heavy atom. The van der Waals surface area contributed by atoms with Crippen molar-refractivity contribution in [2.75, 3.05) is 27.3 Å². The van der Waals surface area contributed by atoms with Crippen LogP contribution in [0.2, 0.25) is 0 Å². The standard InChI is InChI=1S/C9H14N2O4.2CH4.F2.FH/c1-14-8(12)3-5-10-7-11-6-4-9(13)15-2;;;1-2;/h3-6H2,1-2H3;2*1H4;;1H. The maximum absolute atomic E-state index is 10.6. The predicted octanol–water partition coefficient (Wildman–Crippen LogP) is 2.55. The van der Waals surface area contributed by atoms with Crippen molar-refractivity contribution in [2.24, 2.45) is 9.98 Å². The number of rotatable bonds is 6. The average Bonchev–Trinajstić information content (AvgIpc) is 2.39. The largest absolute Gasteiger partial charge is 0.469 e. The van der Waals surface area contributed by atoms with Crippen LogP contribution in [0.3, 0.4) is 0 Å². The first kappa shape index (κ1) is 30.8. The molecule has 9 heteroatoms. The zero-order valence-electron chi connectivity index (χ0n) is 10.0. The van der Waals surface area contributed by atoms with Gasteiger partial charge in [0.05, 0.1) is 46.2 Å². The number of nitrogens with zero attached hydrogens (tertiary/aromatic N) is 2. The second-order valence-corrected chi connectivity index (χ2v) is 2.52. The molecule has 0 aromatic carbocycles.